The molecule has 1 unspecified atom stereocenters. The van der Waals surface area contributed by atoms with E-state index in [1.54, 1.807) is 22.3 Å². The predicted molar refractivity (Wildman–Crippen MR) is 70.0 cm³/mol. The molecule has 1 nitrogen and oxygen atoms in total. The van der Waals surface area contributed by atoms with E-state index >= 15 is 0 Å². The number of rotatable bonds is 0. The van der Waals surface area contributed by atoms with E-state index < -0.39 is 0 Å². The summed E-state index contributed by atoms with van der Waals surface area (Å²) in [5.74, 6) is 0. The maximum Gasteiger partial charge on any atom is 0.0391 e. The molecule has 88 valence electrons. The van der Waals surface area contributed by atoms with Crippen molar-refractivity contribution in [1.82, 2.24) is 4.90 Å². The van der Waals surface area contributed by atoms with Gasteiger partial charge in [-0.05, 0) is 43.2 Å². The van der Waals surface area contributed by atoms with Crippen LogP contribution >= 0.6 is 0 Å². The SMILES string of the molecule is c1ccc2c(c1)CCN1CC3=C(CCC3)CC21. The second kappa shape index (κ2) is 3.71. The zero-order valence-corrected chi connectivity index (χ0v) is 10.3. The standard InChI is InChI=1S/C16H19N/c1-2-7-15-12(4-1)8-9-17-11-14-6-3-5-13(14)10-16(15)17/h1-2,4,7,16H,3,5-6,8-11H2. The van der Waals surface area contributed by atoms with Crippen LogP contribution in [0, 0.1) is 0 Å². The van der Waals surface area contributed by atoms with Crippen molar-refractivity contribution in [2.75, 3.05) is 13.1 Å². The zero-order valence-electron chi connectivity index (χ0n) is 10.3. The lowest BCUT2D eigenvalue weighted by atomic mass is 9.85. The first-order chi connectivity index (χ1) is 8.42. The number of hydrogen-bond donors (Lipinski definition) is 0. The number of hydrogen-bond acceptors (Lipinski definition) is 1. The van der Waals surface area contributed by atoms with E-state index in [0.717, 1.165) is 0 Å². The summed E-state index contributed by atoms with van der Waals surface area (Å²) >= 11 is 0. The van der Waals surface area contributed by atoms with Gasteiger partial charge in [0.05, 0.1) is 0 Å². The molecule has 0 saturated heterocycles. The molecule has 0 bridgehead atoms. The van der Waals surface area contributed by atoms with E-state index in [1.807, 2.05) is 0 Å². The van der Waals surface area contributed by atoms with Gasteiger partial charge in [-0.3, -0.25) is 4.90 Å². The summed E-state index contributed by atoms with van der Waals surface area (Å²) in [6, 6.07) is 9.77. The average Bonchev–Trinajstić information content (AvgIpc) is 2.83. The zero-order chi connectivity index (χ0) is 11.2. The van der Waals surface area contributed by atoms with Crippen LogP contribution in [0.3, 0.4) is 0 Å². The van der Waals surface area contributed by atoms with Crippen LogP contribution in [-0.2, 0) is 6.42 Å². The average molecular weight is 225 g/mol. The molecule has 1 aliphatic carbocycles. The summed E-state index contributed by atoms with van der Waals surface area (Å²) in [5.41, 5.74) is 6.77. The van der Waals surface area contributed by atoms with Gasteiger partial charge in [-0.25, -0.2) is 0 Å². The van der Waals surface area contributed by atoms with E-state index in [0.29, 0.717) is 6.04 Å². The molecule has 0 aromatic heterocycles. The minimum Gasteiger partial charge on any atom is -0.292 e. The molecule has 1 atom stereocenters. The Morgan fingerprint density at radius 3 is 2.88 bits per heavy atom. The minimum atomic E-state index is 0.691. The Bertz CT molecular complexity index is 486. The molecule has 0 saturated carbocycles. The Morgan fingerprint density at radius 1 is 1.00 bits per heavy atom. The highest BCUT2D eigenvalue weighted by Crippen LogP contribution is 2.43. The molecule has 0 amide bonds. The van der Waals surface area contributed by atoms with Crippen LogP contribution in [0.5, 0.6) is 0 Å². The van der Waals surface area contributed by atoms with Gasteiger partial charge in [0.25, 0.3) is 0 Å². The first-order valence-corrected chi connectivity index (χ1v) is 6.93. The molecule has 0 spiro atoms. The molecule has 17 heavy (non-hydrogen) atoms. The molecule has 1 aromatic carbocycles. The van der Waals surface area contributed by atoms with Crippen molar-refractivity contribution >= 4 is 0 Å². The third-order valence-electron chi connectivity index (χ3n) is 4.81. The van der Waals surface area contributed by atoms with Gasteiger partial charge in [0.2, 0.25) is 0 Å². The Labute approximate surface area is 103 Å². The van der Waals surface area contributed by atoms with Gasteiger partial charge in [0.1, 0.15) is 0 Å². The van der Waals surface area contributed by atoms with Crippen molar-refractivity contribution in [2.24, 2.45) is 0 Å². The van der Waals surface area contributed by atoms with Crippen LogP contribution in [0.1, 0.15) is 42.9 Å². The van der Waals surface area contributed by atoms with E-state index in [1.165, 1.54) is 45.2 Å². The second-order valence-electron chi connectivity index (χ2n) is 5.70. The molecule has 1 heteroatoms. The van der Waals surface area contributed by atoms with E-state index in [-0.39, 0.29) is 0 Å². The number of nitrogens with zero attached hydrogens (tertiary/aromatic N) is 1. The van der Waals surface area contributed by atoms with Crippen LogP contribution in [0.2, 0.25) is 0 Å². The van der Waals surface area contributed by atoms with Gasteiger partial charge in [-0.15, -0.1) is 0 Å². The second-order valence-corrected chi connectivity index (χ2v) is 5.70. The summed E-state index contributed by atoms with van der Waals surface area (Å²) in [7, 11) is 0. The summed E-state index contributed by atoms with van der Waals surface area (Å²) in [6.45, 7) is 2.52. The van der Waals surface area contributed by atoms with Crippen LogP contribution in [-0.4, -0.2) is 18.0 Å². The third-order valence-corrected chi connectivity index (χ3v) is 4.81. The quantitative estimate of drug-likeness (QED) is 0.611. The maximum absolute atomic E-state index is 2.71. The van der Waals surface area contributed by atoms with Gasteiger partial charge >= 0.3 is 0 Å². The van der Waals surface area contributed by atoms with Crippen molar-refractivity contribution < 1.29 is 0 Å². The first-order valence-electron chi connectivity index (χ1n) is 6.93. The Hall–Kier alpha value is -1.08. The highest BCUT2D eigenvalue weighted by molar-refractivity contribution is 5.37. The van der Waals surface area contributed by atoms with E-state index in [4.69, 9.17) is 0 Å². The lowest BCUT2D eigenvalue weighted by Gasteiger charge is -2.41. The first kappa shape index (κ1) is 9.90. The molecular weight excluding hydrogens is 206 g/mol. The van der Waals surface area contributed by atoms with Crippen molar-refractivity contribution in [3.8, 4) is 0 Å². The molecule has 4 rings (SSSR count). The maximum atomic E-state index is 2.71. The number of benzene rings is 1. The fourth-order valence-electron chi connectivity index (χ4n) is 3.92. The summed E-state index contributed by atoms with van der Waals surface area (Å²) in [4.78, 5) is 2.71. The molecule has 2 aliphatic heterocycles. The summed E-state index contributed by atoms with van der Waals surface area (Å²) < 4.78 is 0. The largest absolute Gasteiger partial charge is 0.292 e. The van der Waals surface area contributed by atoms with E-state index in [2.05, 4.69) is 29.2 Å². The molecule has 3 aliphatic rings. The Balaban J connectivity index is 1.74. The smallest absolute Gasteiger partial charge is 0.0391 e. The molecule has 0 N–H and O–H groups in total. The Morgan fingerprint density at radius 2 is 1.88 bits per heavy atom. The topological polar surface area (TPSA) is 3.24 Å². The highest BCUT2D eigenvalue weighted by atomic mass is 15.2. The molecule has 0 radical (unpaired) electrons. The number of fused-ring (bicyclic) bond motifs is 3. The monoisotopic (exact) mass is 225 g/mol. The third kappa shape index (κ3) is 1.49. The van der Waals surface area contributed by atoms with Crippen LogP contribution in [0.15, 0.2) is 35.4 Å². The van der Waals surface area contributed by atoms with Gasteiger partial charge in [-0.2, -0.15) is 0 Å². The normalized spacial score (nSPS) is 27.6. The van der Waals surface area contributed by atoms with Gasteiger partial charge < -0.3 is 0 Å². The van der Waals surface area contributed by atoms with Crippen molar-refractivity contribution in [3.05, 3.63) is 46.5 Å². The van der Waals surface area contributed by atoms with E-state index in [9.17, 15) is 0 Å². The summed E-state index contributed by atoms with van der Waals surface area (Å²) in [6.07, 6.45) is 6.72. The van der Waals surface area contributed by atoms with Crippen molar-refractivity contribution in [2.45, 2.75) is 38.1 Å². The van der Waals surface area contributed by atoms with Gasteiger partial charge in [-0.1, -0.05) is 35.4 Å². The fourth-order valence-corrected chi connectivity index (χ4v) is 3.92. The molecular formula is C16H19N. The highest BCUT2D eigenvalue weighted by Gasteiger charge is 2.33. The molecule has 0 fully saturated rings. The van der Waals surface area contributed by atoms with Crippen molar-refractivity contribution in [1.29, 1.82) is 0 Å². The fraction of sp³-hybridized carbons (Fsp3) is 0.500. The Kier molecular flexibility index (Phi) is 2.16. The summed E-state index contributed by atoms with van der Waals surface area (Å²) in [5, 5.41) is 0. The van der Waals surface area contributed by atoms with Crippen LogP contribution < -0.4 is 0 Å². The minimum absolute atomic E-state index is 0.691. The van der Waals surface area contributed by atoms with Crippen LogP contribution in [0.4, 0.5) is 0 Å². The van der Waals surface area contributed by atoms with Crippen LogP contribution in [0.25, 0.3) is 0 Å². The lowest BCUT2D eigenvalue weighted by Crippen LogP contribution is -2.39. The molecule has 1 aromatic rings. The predicted octanol–water partition coefficient (Wildman–Crippen LogP) is 3.47. The van der Waals surface area contributed by atoms with Gasteiger partial charge in [0.15, 0.2) is 0 Å². The van der Waals surface area contributed by atoms with Gasteiger partial charge in [0, 0.05) is 19.1 Å². The lowest BCUT2D eigenvalue weighted by molar-refractivity contribution is 0.187. The molecule has 2 heterocycles. The van der Waals surface area contributed by atoms with Crippen molar-refractivity contribution in [3.63, 3.8) is 0 Å².